The van der Waals surface area contributed by atoms with Crippen molar-refractivity contribution in [2.75, 3.05) is 13.1 Å². The van der Waals surface area contributed by atoms with Crippen LogP contribution in [0.15, 0.2) is 30.3 Å². The highest BCUT2D eigenvalue weighted by Crippen LogP contribution is 2.21. The molecule has 1 aromatic carbocycles. The van der Waals surface area contributed by atoms with Crippen LogP contribution in [0.4, 0.5) is 0 Å². The number of likely N-dealkylation sites (tertiary alicyclic amines) is 1. The summed E-state index contributed by atoms with van der Waals surface area (Å²) in [4.78, 5) is 1.78. The molecule has 1 aliphatic heterocycles. The van der Waals surface area contributed by atoms with Crippen LogP contribution in [0.2, 0.25) is 0 Å². The lowest BCUT2D eigenvalue weighted by Gasteiger charge is -2.32. The molecule has 0 bridgehead atoms. The number of hydrogen-bond acceptors (Lipinski definition) is 0. The van der Waals surface area contributed by atoms with Crippen molar-refractivity contribution in [1.29, 1.82) is 0 Å². The van der Waals surface area contributed by atoms with Gasteiger partial charge in [0.05, 0.1) is 25.2 Å². The van der Waals surface area contributed by atoms with Crippen molar-refractivity contribution in [3.8, 4) is 0 Å². The summed E-state index contributed by atoms with van der Waals surface area (Å²) in [5.41, 5.74) is 1.50. The Kier molecular flexibility index (Phi) is 5.32. The van der Waals surface area contributed by atoms with Gasteiger partial charge in [0.2, 0.25) is 0 Å². The Morgan fingerprint density at radius 2 is 1.76 bits per heavy atom. The molecule has 116 valence electrons. The first-order valence-corrected chi connectivity index (χ1v) is 9.02. The van der Waals surface area contributed by atoms with Gasteiger partial charge < -0.3 is 10.2 Å². The minimum Gasteiger partial charge on any atom is -0.341 e. The summed E-state index contributed by atoms with van der Waals surface area (Å²) in [6.07, 6.45) is 8.66. The summed E-state index contributed by atoms with van der Waals surface area (Å²) in [6, 6.07) is 12.8. The highest BCUT2D eigenvalue weighted by molar-refractivity contribution is 5.13. The second kappa shape index (κ2) is 7.42. The Morgan fingerprint density at radius 3 is 2.48 bits per heavy atom. The molecule has 1 aliphatic carbocycles. The van der Waals surface area contributed by atoms with E-state index in [-0.39, 0.29) is 0 Å². The number of nitrogens with one attached hydrogen (secondary N) is 1. The van der Waals surface area contributed by atoms with Gasteiger partial charge in [-0.25, -0.2) is 0 Å². The maximum Gasteiger partial charge on any atom is 0.103 e. The maximum atomic E-state index is 2.74. The van der Waals surface area contributed by atoms with Crippen LogP contribution in [0.3, 0.4) is 0 Å². The van der Waals surface area contributed by atoms with E-state index in [0.29, 0.717) is 0 Å². The number of hydrogen-bond donors (Lipinski definition) is 2. The van der Waals surface area contributed by atoms with Gasteiger partial charge in [0.1, 0.15) is 6.54 Å². The Bertz CT molecular complexity index is 409. The molecule has 2 aliphatic rings. The fourth-order valence-corrected chi connectivity index (χ4v) is 4.34. The van der Waals surface area contributed by atoms with E-state index >= 15 is 0 Å². The molecule has 2 atom stereocenters. The summed E-state index contributed by atoms with van der Waals surface area (Å²) in [6.45, 7) is 6.37. The van der Waals surface area contributed by atoms with E-state index in [1.54, 1.807) is 4.90 Å². The molecular weight excluding hydrogens is 256 g/mol. The molecule has 0 aromatic heterocycles. The van der Waals surface area contributed by atoms with E-state index in [1.807, 2.05) is 0 Å². The molecule has 2 heteroatoms. The van der Waals surface area contributed by atoms with Gasteiger partial charge in [0.15, 0.2) is 0 Å². The molecule has 1 aromatic rings. The second-order valence-corrected chi connectivity index (χ2v) is 7.47. The largest absolute Gasteiger partial charge is 0.341 e. The molecule has 0 radical (unpaired) electrons. The van der Waals surface area contributed by atoms with Crippen molar-refractivity contribution in [2.45, 2.75) is 64.1 Å². The number of benzene rings is 1. The zero-order chi connectivity index (χ0) is 14.5. The lowest BCUT2D eigenvalue weighted by Crippen LogP contribution is -3.14. The van der Waals surface area contributed by atoms with Crippen molar-refractivity contribution in [1.82, 2.24) is 0 Å². The zero-order valence-electron chi connectivity index (χ0n) is 13.6. The SMILES string of the molecule is C[C@H]1CCC[C@@H]([NH2+]C2CC[NH+](Cc3ccccc3)CC2)C1. The van der Waals surface area contributed by atoms with E-state index in [0.717, 1.165) is 18.0 Å². The Labute approximate surface area is 129 Å². The average molecular weight is 288 g/mol. The number of nitrogens with two attached hydrogens (primary N) is 1. The first-order chi connectivity index (χ1) is 10.3. The van der Waals surface area contributed by atoms with Crippen LogP contribution in [-0.4, -0.2) is 25.2 Å². The van der Waals surface area contributed by atoms with Crippen molar-refractivity contribution in [3.05, 3.63) is 35.9 Å². The molecule has 3 N–H and O–H groups in total. The minimum atomic E-state index is 0.903. The van der Waals surface area contributed by atoms with Crippen molar-refractivity contribution in [2.24, 2.45) is 5.92 Å². The first kappa shape index (κ1) is 15.1. The van der Waals surface area contributed by atoms with Crippen molar-refractivity contribution >= 4 is 0 Å². The highest BCUT2D eigenvalue weighted by Gasteiger charge is 2.29. The summed E-state index contributed by atoms with van der Waals surface area (Å²) >= 11 is 0. The van der Waals surface area contributed by atoms with E-state index in [1.165, 1.54) is 63.7 Å². The third kappa shape index (κ3) is 4.55. The summed E-state index contributed by atoms with van der Waals surface area (Å²) in [5.74, 6) is 0.962. The number of rotatable bonds is 4. The lowest BCUT2D eigenvalue weighted by atomic mass is 9.86. The van der Waals surface area contributed by atoms with Crippen LogP contribution in [0, 0.1) is 5.92 Å². The fraction of sp³-hybridized carbons (Fsp3) is 0.684. The lowest BCUT2D eigenvalue weighted by molar-refractivity contribution is -0.927. The van der Waals surface area contributed by atoms with E-state index in [4.69, 9.17) is 0 Å². The van der Waals surface area contributed by atoms with Gasteiger partial charge in [0, 0.05) is 24.8 Å². The Morgan fingerprint density at radius 1 is 1.00 bits per heavy atom. The predicted octanol–water partition coefficient (Wildman–Crippen LogP) is 1.38. The van der Waals surface area contributed by atoms with Crippen LogP contribution in [-0.2, 0) is 6.54 Å². The molecule has 0 amide bonds. The van der Waals surface area contributed by atoms with Gasteiger partial charge in [-0.1, -0.05) is 43.7 Å². The molecule has 0 spiro atoms. The zero-order valence-corrected chi connectivity index (χ0v) is 13.6. The van der Waals surface area contributed by atoms with Gasteiger partial charge in [-0.3, -0.25) is 0 Å². The van der Waals surface area contributed by atoms with Gasteiger partial charge >= 0.3 is 0 Å². The third-order valence-corrected chi connectivity index (χ3v) is 5.56. The molecule has 1 saturated heterocycles. The predicted molar refractivity (Wildman–Crippen MR) is 87.2 cm³/mol. The molecule has 21 heavy (non-hydrogen) atoms. The molecule has 2 fully saturated rings. The van der Waals surface area contributed by atoms with Gasteiger partial charge in [-0.05, 0) is 18.8 Å². The van der Waals surface area contributed by atoms with E-state index in [2.05, 4.69) is 42.6 Å². The van der Waals surface area contributed by atoms with Crippen LogP contribution < -0.4 is 10.2 Å². The molecule has 1 heterocycles. The van der Waals surface area contributed by atoms with E-state index in [9.17, 15) is 0 Å². The Hall–Kier alpha value is -0.860. The van der Waals surface area contributed by atoms with Crippen LogP contribution in [0.25, 0.3) is 0 Å². The van der Waals surface area contributed by atoms with Gasteiger partial charge in [0.25, 0.3) is 0 Å². The smallest absolute Gasteiger partial charge is 0.103 e. The quantitative estimate of drug-likeness (QED) is 0.835. The highest BCUT2D eigenvalue weighted by atomic mass is 15.1. The van der Waals surface area contributed by atoms with Crippen LogP contribution in [0.1, 0.15) is 51.0 Å². The Balaban J connectivity index is 1.40. The molecular formula is C19H32N2+2. The molecule has 1 saturated carbocycles. The van der Waals surface area contributed by atoms with Gasteiger partial charge in [-0.2, -0.15) is 0 Å². The molecule has 2 nitrogen and oxygen atoms in total. The molecule has 0 unspecified atom stereocenters. The van der Waals surface area contributed by atoms with Crippen LogP contribution >= 0.6 is 0 Å². The number of piperidine rings is 1. The normalized spacial score (nSPS) is 33.8. The second-order valence-electron chi connectivity index (χ2n) is 7.47. The van der Waals surface area contributed by atoms with Crippen molar-refractivity contribution in [3.63, 3.8) is 0 Å². The van der Waals surface area contributed by atoms with Gasteiger partial charge in [-0.15, -0.1) is 0 Å². The fourth-order valence-electron chi connectivity index (χ4n) is 4.34. The average Bonchev–Trinajstić information content (AvgIpc) is 2.50. The van der Waals surface area contributed by atoms with E-state index < -0.39 is 0 Å². The third-order valence-electron chi connectivity index (χ3n) is 5.56. The number of quaternary nitrogens is 2. The first-order valence-electron chi connectivity index (χ1n) is 9.02. The summed E-state index contributed by atoms with van der Waals surface area (Å²) < 4.78 is 0. The monoisotopic (exact) mass is 288 g/mol. The van der Waals surface area contributed by atoms with Crippen molar-refractivity contribution < 1.29 is 10.2 Å². The standard InChI is InChI=1S/C19H30N2/c1-16-6-5-9-19(14-16)20-18-10-12-21(13-11-18)15-17-7-3-2-4-8-17/h2-4,7-8,16,18-20H,5-6,9-15H2,1H3/p+2/t16-,19+/m0/s1. The maximum absolute atomic E-state index is 2.74. The summed E-state index contributed by atoms with van der Waals surface area (Å²) in [5, 5.41) is 2.74. The molecule has 3 rings (SSSR count). The minimum absolute atomic E-state index is 0.903. The summed E-state index contributed by atoms with van der Waals surface area (Å²) in [7, 11) is 0. The van der Waals surface area contributed by atoms with Crippen LogP contribution in [0.5, 0.6) is 0 Å². The topological polar surface area (TPSA) is 21.1 Å².